The summed E-state index contributed by atoms with van der Waals surface area (Å²) in [5, 5.41) is 9.90. The molecule has 8 nitrogen and oxygen atoms in total. The average Bonchev–Trinajstić information content (AvgIpc) is 3.21. The summed E-state index contributed by atoms with van der Waals surface area (Å²) in [5.74, 6) is 3.22. The van der Waals surface area contributed by atoms with Gasteiger partial charge in [0.2, 0.25) is 5.91 Å². The lowest BCUT2D eigenvalue weighted by molar-refractivity contribution is -0.116. The third kappa shape index (κ3) is 5.62. The Morgan fingerprint density at radius 2 is 1.53 bits per heavy atom. The molecule has 174 valence electrons. The van der Waals surface area contributed by atoms with Gasteiger partial charge in [-0.05, 0) is 91.9 Å². The maximum Gasteiger partial charge on any atom is 0.244 e. The number of H-pyrrole nitrogens is 1. The van der Waals surface area contributed by atoms with E-state index in [1.165, 1.54) is 0 Å². The fraction of sp³-hybridized carbons (Fsp3) is 0.160. The van der Waals surface area contributed by atoms with Crippen LogP contribution < -0.4 is 19.5 Å². The molecule has 3 aromatic carbocycles. The van der Waals surface area contributed by atoms with E-state index in [2.05, 4.69) is 15.5 Å². The second-order valence-corrected chi connectivity index (χ2v) is 7.63. The van der Waals surface area contributed by atoms with Crippen molar-refractivity contribution in [1.82, 2.24) is 14.8 Å². The van der Waals surface area contributed by atoms with Gasteiger partial charge in [0.05, 0.1) is 13.7 Å². The fourth-order valence-corrected chi connectivity index (χ4v) is 3.48. The van der Waals surface area contributed by atoms with E-state index in [0.717, 1.165) is 17.1 Å². The molecular formula is C25H24N4O4S. The Labute approximate surface area is 202 Å². The van der Waals surface area contributed by atoms with Gasteiger partial charge in [-0.2, -0.15) is 5.10 Å². The van der Waals surface area contributed by atoms with Crippen LogP contribution in [-0.2, 0) is 11.3 Å². The number of hydrogen-bond donors (Lipinski definition) is 2. The maximum absolute atomic E-state index is 12.7. The maximum atomic E-state index is 12.7. The Hall–Kier alpha value is -4.11. The molecule has 0 saturated heterocycles. The van der Waals surface area contributed by atoms with Crippen molar-refractivity contribution in [1.29, 1.82) is 0 Å². The lowest BCUT2D eigenvalue weighted by Gasteiger charge is -2.10. The number of nitrogens with one attached hydrogen (secondary N) is 2. The van der Waals surface area contributed by atoms with Crippen molar-refractivity contribution < 1.29 is 19.0 Å². The quantitative estimate of drug-likeness (QED) is 0.312. The Morgan fingerprint density at radius 1 is 0.941 bits per heavy atom. The number of ether oxygens (including phenoxy) is 3. The van der Waals surface area contributed by atoms with Crippen LogP contribution in [0.3, 0.4) is 0 Å². The number of carbonyl (C=O) groups excluding carboxylic acids is 1. The number of methoxy groups -OCH3 is 1. The first-order valence-corrected chi connectivity index (χ1v) is 11.1. The molecule has 0 aliphatic heterocycles. The lowest BCUT2D eigenvalue weighted by atomic mass is 10.2. The number of aromatic amines is 1. The number of hydrogen-bond acceptors (Lipinski definition) is 6. The van der Waals surface area contributed by atoms with Crippen LogP contribution in [0.2, 0.25) is 0 Å². The van der Waals surface area contributed by atoms with Crippen molar-refractivity contribution in [2.45, 2.75) is 13.5 Å². The number of amides is 1. The van der Waals surface area contributed by atoms with Crippen LogP contribution in [0, 0.1) is 4.77 Å². The molecule has 0 fully saturated rings. The predicted octanol–water partition coefficient (Wildman–Crippen LogP) is 5.45. The van der Waals surface area contributed by atoms with E-state index in [1.54, 1.807) is 35.9 Å². The first-order chi connectivity index (χ1) is 16.6. The van der Waals surface area contributed by atoms with Crippen LogP contribution in [0.1, 0.15) is 6.92 Å². The molecule has 0 atom stereocenters. The number of benzene rings is 3. The average molecular weight is 477 g/mol. The highest BCUT2D eigenvalue weighted by Crippen LogP contribution is 2.25. The van der Waals surface area contributed by atoms with Gasteiger partial charge in [0, 0.05) is 11.3 Å². The third-order valence-corrected chi connectivity index (χ3v) is 5.23. The summed E-state index contributed by atoms with van der Waals surface area (Å²) >= 11 is 5.32. The molecule has 0 unspecified atom stereocenters. The van der Waals surface area contributed by atoms with E-state index < -0.39 is 0 Å². The van der Waals surface area contributed by atoms with Crippen molar-refractivity contribution in [2.75, 3.05) is 19.0 Å². The minimum absolute atomic E-state index is 0.0150. The zero-order valence-corrected chi connectivity index (χ0v) is 19.6. The molecule has 0 aliphatic carbocycles. The molecule has 9 heteroatoms. The van der Waals surface area contributed by atoms with Gasteiger partial charge in [-0.25, -0.2) is 0 Å². The smallest absolute Gasteiger partial charge is 0.244 e. The van der Waals surface area contributed by atoms with Gasteiger partial charge < -0.3 is 19.5 Å². The molecule has 4 rings (SSSR count). The van der Waals surface area contributed by atoms with Gasteiger partial charge in [0.1, 0.15) is 29.5 Å². The molecule has 0 radical (unpaired) electrons. The molecule has 1 heterocycles. The summed E-state index contributed by atoms with van der Waals surface area (Å²) in [4.78, 5) is 12.7. The summed E-state index contributed by atoms with van der Waals surface area (Å²) in [5.41, 5.74) is 1.46. The Bertz CT molecular complexity index is 1300. The van der Waals surface area contributed by atoms with Gasteiger partial charge >= 0.3 is 0 Å². The number of nitrogens with zero attached hydrogens (tertiary/aromatic N) is 2. The van der Waals surface area contributed by atoms with Gasteiger partial charge in [-0.3, -0.25) is 14.5 Å². The van der Waals surface area contributed by atoms with Crippen molar-refractivity contribution >= 4 is 23.8 Å². The molecule has 2 N–H and O–H groups in total. The Balaban J connectivity index is 1.39. The number of aromatic nitrogens is 3. The van der Waals surface area contributed by atoms with Crippen LogP contribution in [0.5, 0.6) is 23.0 Å². The van der Waals surface area contributed by atoms with Gasteiger partial charge in [-0.15, -0.1) is 0 Å². The van der Waals surface area contributed by atoms with E-state index >= 15 is 0 Å². The molecular weight excluding hydrogens is 452 g/mol. The van der Waals surface area contributed by atoms with Crippen molar-refractivity contribution in [3.05, 3.63) is 77.6 Å². The standard InChI is InChI=1S/C25H24N4O4S/c1-3-32-20-12-14-22(15-13-20)33-21-10-6-18(7-11-21)26-23(30)16-29-24(27-28-25(29)34)17-4-8-19(31-2)9-5-17/h4-15H,3,16H2,1-2H3,(H,26,30)(H,28,34). The Kier molecular flexibility index (Phi) is 7.24. The number of rotatable bonds is 9. The molecule has 0 bridgehead atoms. The van der Waals surface area contributed by atoms with Gasteiger partial charge in [0.15, 0.2) is 10.6 Å². The highest BCUT2D eigenvalue weighted by Gasteiger charge is 2.13. The van der Waals surface area contributed by atoms with Crippen LogP contribution in [0.4, 0.5) is 5.69 Å². The monoisotopic (exact) mass is 476 g/mol. The zero-order chi connectivity index (χ0) is 23.9. The first kappa shape index (κ1) is 23.1. The van der Waals surface area contributed by atoms with Crippen LogP contribution in [0.15, 0.2) is 72.8 Å². The van der Waals surface area contributed by atoms with Gasteiger partial charge in [-0.1, -0.05) is 0 Å². The van der Waals surface area contributed by atoms with Crippen LogP contribution in [-0.4, -0.2) is 34.4 Å². The SMILES string of the molecule is CCOc1ccc(Oc2ccc(NC(=O)Cn3c(-c4ccc(OC)cc4)n[nH]c3=S)cc2)cc1. The second-order valence-electron chi connectivity index (χ2n) is 7.25. The molecule has 1 amide bonds. The molecule has 0 saturated carbocycles. The first-order valence-electron chi connectivity index (χ1n) is 10.7. The summed E-state index contributed by atoms with van der Waals surface area (Å²) in [6, 6.07) is 21.9. The predicted molar refractivity (Wildman–Crippen MR) is 132 cm³/mol. The minimum Gasteiger partial charge on any atom is -0.497 e. The van der Waals surface area contributed by atoms with Crippen molar-refractivity contribution in [3.8, 4) is 34.4 Å². The fourth-order valence-electron chi connectivity index (χ4n) is 3.28. The van der Waals surface area contributed by atoms with Crippen LogP contribution in [0.25, 0.3) is 11.4 Å². The molecule has 1 aromatic heterocycles. The van der Waals surface area contributed by atoms with E-state index in [9.17, 15) is 4.79 Å². The zero-order valence-electron chi connectivity index (χ0n) is 18.8. The molecule has 34 heavy (non-hydrogen) atoms. The second kappa shape index (κ2) is 10.7. The van der Waals surface area contributed by atoms with Crippen molar-refractivity contribution in [2.24, 2.45) is 0 Å². The minimum atomic E-state index is -0.229. The van der Waals surface area contributed by atoms with E-state index in [1.807, 2.05) is 55.5 Å². The summed E-state index contributed by atoms with van der Waals surface area (Å²) in [6.45, 7) is 2.57. The van der Waals surface area contributed by atoms with E-state index in [4.69, 9.17) is 26.4 Å². The number of anilines is 1. The van der Waals surface area contributed by atoms with Crippen LogP contribution >= 0.6 is 12.2 Å². The molecule has 0 spiro atoms. The highest BCUT2D eigenvalue weighted by atomic mass is 32.1. The number of carbonyl (C=O) groups is 1. The van der Waals surface area contributed by atoms with Gasteiger partial charge in [0.25, 0.3) is 0 Å². The molecule has 4 aromatic rings. The highest BCUT2D eigenvalue weighted by molar-refractivity contribution is 7.71. The third-order valence-electron chi connectivity index (χ3n) is 4.92. The van der Waals surface area contributed by atoms with E-state index in [-0.39, 0.29) is 12.5 Å². The Morgan fingerprint density at radius 3 is 2.15 bits per heavy atom. The normalized spacial score (nSPS) is 10.5. The van der Waals surface area contributed by atoms with E-state index in [0.29, 0.717) is 34.4 Å². The molecule has 0 aliphatic rings. The largest absolute Gasteiger partial charge is 0.497 e. The summed E-state index contributed by atoms with van der Waals surface area (Å²) < 4.78 is 18.5. The van der Waals surface area contributed by atoms with Crippen molar-refractivity contribution in [3.63, 3.8) is 0 Å². The lowest BCUT2D eigenvalue weighted by Crippen LogP contribution is -2.19. The topological polar surface area (TPSA) is 90.4 Å². The summed E-state index contributed by atoms with van der Waals surface area (Å²) in [7, 11) is 1.61. The summed E-state index contributed by atoms with van der Waals surface area (Å²) in [6.07, 6.45) is 0.